The molecule has 0 fully saturated rings. The number of phenols is 2. The normalized spacial score (nSPS) is 11.1. The first-order valence-corrected chi connectivity index (χ1v) is 7.57. The maximum atomic E-state index is 11.8. The van der Waals surface area contributed by atoms with Crippen LogP contribution >= 0.6 is 0 Å². The van der Waals surface area contributed by atoms with Crippen LogP contribution in [0.1, 0.15) is 51.7 Å². The summed E-state index contributed by atoms with van der Waals surface area (Å²) in [6.45, 7) is 8.52. The average Bonchev–Trinajstić information content (AvgIpc) is 2.41. The number of nitrogens with zero attached hydrogens (tertiary/aromatic N) is 1. The van der Waals surface area contributed by atoms with E-state index in [2.05, 4.69) is 5.43 Å². The van der Waals surface area contributed by atoms with E-state index in [0.717, 1.165) is 6.07 Å². The van der Waals surface area contributed by atoms with Crippen molar-refractivity contribution in [1.29, 1.82) is 5.41 Å². The van der Waals surface area contributed by atoms with E-state index >= 15 is 0 Å². The number of hydrogen-bond acceptors (Lipinski definition) is 6. The zero-order valence-electron chi connectivity index (χ0n) is 14.9. The third-order valence-corrected chi connectivity index (χ3v) is 3.07. The fourth-order valence-electron chi connectivity index (χ4n) is 1.98. The van der Waals surface area contributed by atoms with E-state index in [1.807, 2.05) is 13.8 Å². The number of ether oxygens (including phenoxy) is 1. The molecule has 3 amide bonds. The van der Waals surface area contributed by atoms with Crippen LogP contribution in [0.15, 0.2) is 12.1 Å². The summed E-state index contributed by atoms with van der Waals surface area (Å²) >= 11 is 0. The number of amides is 3. The number of nitrogens with two attached hydrogens (primary N) is 1. The molecule has 0 aliphatic rings. The van der Waals surface area contributed by atoms with E-state index < -0.39 is 29.3 Å². The number of carbonyl (C=O) groups is 2. The first kappa shape index (κ1) is 20.1. The molecular weight excluding hydrogens is 328 g/mol. The van der Waals surface area contributed by atoms with Gasteiger partial charge in [-0.3, -0.25) is 5.41 Å². The summed E-state index contributed by atoms with van der Waals surface area (Å²) in [5.74, 6) is -1.26. The predicted octanol–water partition coefficient (Wildman–Crippen LogP) is 2.37. The molecule has 0 bridgehead atoms. The van der Waals surface area contributed by atoms with E-state index in [9.17, 15) is 19.8 Å². The van der Waals surface area contributed by atoms with Gasteiger partial charge >= 0.3 is 12.1 Å². The molecule has 0 saturated heterocycles. The van der Waals surface area contributed by atoms with Gasteiger partial charge in [0.2, 0.25) is 0 Å². The largest absolute Gasteiger partial charge is 0.508 e. The van der Waals surface area contributed by atoms with Crippen molar-refractivity contribution >= 4 is 18.0 Å². The van der Waals surface area contributed by atoms with Crippen molar-refractivity contribution < 1.29 is 24.5 Å². The quantitative estimate of drug-likeness (QED) is 0.315. The van der Waals surface area contributed by atoms with Gasteiger partial charge in [-0.25, -0.2) is 15.0 Å². The van der Waals surface area contributed by atoms with Crippen LogP contribution in [-0.4, -0.2) is 38.8 Å². The molecule has 0 atom stereocenters. The van der Waals surface area contributed by atoms with Crippen LogP contribution < -0.4 is 11.2 Å². The molecule has 9 nitrogen and oxygen atoms in total. The molecule has 0 aliphatic carbocycles. The Labute approximate surface area is 145 Å². The van der Waals surface area contributed by atoms with E-state index in [-0.39, 0.29) is 17.2 Å². The SMILES string of the molecule is CC(C)c1cc(C(=N)N(NC(=O)OC(C)(C)C)C(N)=O)c(O)cc1O. The lowest BCUT2D eigenvalue weighted by atomic mass is 9.98. The van der Waals surface area contributed by atoms with Crippen molar-refractivity contribution in [3.63, 3.8) is 0 Å². The molecule has 0 saturated carbocycles. The number of carbonyl (C=O) groups excluding carboxylic acids is 2. The van der Waals surface area contributed by atoms with Crippen LogP contribution in [0.3, 0.4) is 0 Å². The Bertz CT molecular complexity index is 695. The number of aromatic hydroxyl groups is 2. The van der Waals surface area contributed by atoms with Crippen LogP contribution in [0.4, 0.5) is 9.59 Å². The topological polar surface area (TPSA) is 149 Å². The van der Waals surface area contributed by atoms with Crippen LogP contribution in [0.2, 0.25) is 0 Å². The number of nitrogens with one attached hydrogen (secondary N) is 2. The molecule has 0 radical (unpaired) electrons. The van der Waals surface area contributed by atoms with Crippen LogP contribution in [0.25, 0.3) is 0 Å². The molecule has 6 N–H and O–H groups in total. The van der Waals surface area contributed by atoms with Crippen molar-refractivity contribution in [3.8, 4) is 11.5 Å². The van der Waals surface area contributed by atoms with Crippen LogP contribution in [0.5, 0.6) is 11.5 Å². The molecule has 1 aromatic carbocycles. The molecule has 9 heteroatoms. The van der Waals surface area contributed by atoms with Crippen molar-refractivity contribution in [1.82, 2.24) is 10.4 Å². The zero-order valence-corrected chi connectivity index (χ0v) is 14.9. The van der Waals surface area contributed by atoms with Crippen LogP contribution in [0, 0.1) is 5.41 Å². The molecule has 0 heterocycles. The van der Waals surface area contributed by atoms with Crippen molar-refractivity contribution in [2.45, 2.75) is 46.1 Å². The van der Waals surface area contributed by atoms with Gasteiger partial charge in [-0.1, -0.05) is 13.8 Å². The minimum Gasteiger partial charge on any atom is -0.508 e. The summed E-state index contributed by atoms with van der Waals surface area (Å²) in [5, 5.41) is 28.4. The fourth-order valence-corrected chi connectivity index (χ4v) is 1.98. The molecule has 0 aliphatic heterocycles. The molecule has 1 rings (SSSR count). The van der Waals surface area contributed by atoms with Gasteiger partial charge < -0.3 is 20.7 Å². The minimum absolute atomic E-state index is 0.0867. The molecule has 1 aromatic rings. The van der Waals surface area contributed by atoms with Gasteiger partial charge in [0.05, 0.1) is 5.56 Å². The Balaban J connectivity index is 3.18. The molecule has 0 aromatic heterocycles. The second-order valence-corrected chi connectivity index (χ2v) is 6.72. The Kier molecular flexibility index (Phi) is 5.85. The lowest BCUT2D eigenvalue weighted by Gasteiger charge is -2.25. The summed E-state index contributed by atoms with van der Waals surface area (Å²) in [7, 11) is 0. The number of urea groups is 1. The second-order valence-electron chi connectivity index (χ2n) is 6.72. The smallest absolute Gasteiger partial charge is 0.427 e. The van der Waals surface area contributed by atoms with Crippen LogP contribution in [-0.2, 0) is 4.74 Å². The standard InChI is InChI=1S/C16H24N4O5/c1-8(2)9-6-10(12(22)7-11(9)21)13(17)20(14(18)23)19-15(24)25-16(3,4)5/h6-8,17,21-22H,1-5H3,(H2,18,23)(H,19,24). The van der Waals surface area contributed by atoms with Gasteiger partial charge in [0, 0.05) is 6.07 Å². The molecule has 0 spiro atoms. The summed E-state index contributed by atoms with van der Waals surface area (Å²) in [5.41, 5.74) is 6.82. The van der Waals surface area contributed by atoms with Gasteiger partial charge in [0.25, 0.3) is 0 Å². The molecule has 138 valence electrons. The summed E-state index contributed by atoms with van der Waals surface area (Å²) in [6.07, 6.45) is -0.988. The van der Waals surface area contributed by atoms with Crippen molar-refractivity contribution in [2.24, 2.45) is 5.73 Å². The summed E-state index contributed by atoms with van der Waals surface area (Å²) in [6, 6.07) is 1.27. The van der Waals surface area contributed by atoms with Gasteiger partial charge in [0.1, 0.15) is 17.1 Å². The third-order valence-electron chi connectivity index (χ3n) is 3.07. The summed E-state index contributed by atoms with van der Waals surface area (Å²) < 4.78 is 5.02. The zero-order chi connectivity index (χ0) is 19.5. The predicted molar refractivity (Wildman–Crippen MR) is 91.5 cm³/mol. The number of hydrogen-bond donors (Lipinski definition) is 5. The number of phenolic OH excluding ortho intramolecular Hbond substituents is 2. The highest BCUT2D eigenvalue weighted by Crippen LogP contribution is 2.32. The first-order chi connectivity index (χ1) is 11.3. The number of amidine groups is 1. The highest BCUT2D eigenvalue weighted by Gasteiger charge is 2.26. The summed E-state index contributed by atoms with van der Waals surface area (Å²) in [4.78, 5) is 23.5. The van der Waals surface area contributed by atoms with Gasteiger partial charge in [0.15, 0.2) is 5.84 Å². The Morgan fingerprint density at radius 1 is 1.24 bits per heavy atom. The number of benzene rings is 1. The van der Waals surface area contributed by atoms with Gasteiger partial charge in [-0.05, 0) is 38.3 Å². The maximum absolute atomic E-state index is 11.8. The lowest BCUT2D eigenvalue weighted by Crippen LogP contribution is -2.53. The molecular formula is C16H24N4O5. The monoisotopic (exact) mass is 352 g/mol. The molecule has 0 unspecified atom stereocenters. The number of rotatable bonds is 2. The third kappa shape index (κ3) is 5.27. The van der Waals surface area contributed by atoms with Crippen molar-refractivity contribution in [2.75, 3.05) is 0 Å². The number of hydrazine groups is 1. The lowest BCUT2D eigenvalue weighted by molar-refractivity contribution is 0.0442. The van der Waals surface area contributed by atoms with E-state index in [1.165, 1.54) is 6.07 Å². The maximum Gasteiger partial charge on any atom is 0.427 e. The van der Waals surface area contributed by atoms with Gasteiger partial charge in [-0.15, -0.1) is 0 Å². The second kappa shape index (κ2) is 7.29. The minimum atomic E-state index is -1.14. The van der Waals surface area contributed by atoms with Gasteiger partial charge in [-0.2, -0.15) is 5.01 Å². The number of primary amides is 1. The highest BCUT2D eigenvalue weighted by molar-refractivity contribution is 6.07. The van der Waals surface area contributed by atoms with E-state index in [4.69, 9.17) is 15.9 Å². The average molecular weight is 352 g/mol. The molecule has 25 heavy (non-hydrogen) atoms. The Hall–Kier alpha value is -2.97. The fraction of sp³-hybridized carbons (Fsp3) is 0.438. The van der Waals surface area contributed by atoms with Crippen molar-refractivity contribution in [3.05, 3.63) is 23.3 Å². The van der Waals surface area contributed by atoms with E-state index in [0.29, 0.717) is 10.6 Å². The Morgan fingerprint density at radius 3 is 2.24 bits per heavy atom. The highest BCUT2D eigenvalue weighted by atomic mass is 16.6. The Morgan fingerprint density at radius 2 is 1.80 bits per heavy atom. The van der Waals surface area contributed by atoms with E-state index in [1.54, 1.807) is 20.8 Å². The first-order valence-electron chi connectivity index (χ1n) is 7.57.